The number of halogens is 2. The van der Waals surface area contributed by atoms with Crippen molar-refractivity contribution in [2.75, 3.05) is 13.1 Å². The average Bonchev–Trinajstić information content (AvgIpc) is 3.13. The lowest BCUT2D eigenvalue weighted by Gasteiger charge is -2.23. The number of benzene rings is 2. The Morgan fingerprint density at radius 2 is 2.00 bits per heavy atom. The van der Waals surface area contributed by atoms with Crippen molar-refractivity contribution in [1.29, 1.82) is 0 Å². The van der Waals surface area contributed by atoms with Crippen LogP contribution in [0.3, 0.4) is 0 Å². The number of hydrogen-bond acceptors (Lipinski definition) is 3. The molecule has 5 nitrogen and oxygen atoms in total. The van der Waals surface area contributed by atoms with Gasteiger partial charge in [-0.15, -0.1) is 0 Å². The van der Waals surface area contributed by atoms with Gasteiger partial charge in [0.1, 0.15) is 16.8 Å². The molecule has 8 heteroatoms. The molecule has 1 atom stereocenters. The fourth-order valence-electron chi connectivity index (χ4n) is 3.21. The summed E-state index contributed by atoms with van der Waals surface area (Å²) in [4.78, 5) is 12.1. The maximum atomic E-state index is 14.0. The number of sulfonamides is 1. The van der Waals surface area contributed by atoms with Gasteiger partial charge in [-0.3, -0.25) is 4.79 Å². The topological polar surface area (TPSA) is 66.5 Å². The number of carbonyl (C=O) groups excluding carboxylic acids is 1. The molecule has 1 amide bonds. The lowest BCUT2D eigenvalue weighted by Crippen LogP contribution is -2.46. The van der Waals surface area contributed by atoms with Crippen molar-refractivity contribution in [3.8, 4) is 0 Å². The maximum Gasteiger partial charge on any atom is 0.246 e. The van der Waals surface area contributed by atoms with Gasteiger partial charge in [0, 0.05) is 18.1 Å². The first-order chi connectivity index (χ1) is 12.9. The number of carbonyl (C=O) groups is 1. The Morgan fingerprint density at radius 3 is 2.74 bits per heavy atom. The fraction of sp³-hybridized carbons (Fsp3) is 0.316. The van der Waals surface area contributed by atoms with E-state index < -0.39 is 26.8 Å². The molecule has 1 saturated heterocycles. The molecule has 0 bridgehead atoms. The third-order valence-corrected chi connectivity index (χ3v) is 6.71. The van der Waals surface area contributed by atoms with Crippen LogP contribution in [0.2, 0.25) is 5.02 Å². The molecule has 144 valence electrons. The highest BCUT2D eigenvalue weighted by atomic mass is 35.5. The summed E-state index contributed by atoms with van der Waals surface area (Å²) in [5.41, 5.74) is 0.977. The minimum Gasteiger partial charge on any atom is -0.354 e. The highest BCUT2D eigenvalue weighted by Crippen LogP contribution is 2.27. The van der Waals surface area contributed by atoms with Gasteiger partial charge in [-0.25, -0.2) is 12.8 Å². The van der Waals surface area contributed by atoms with Gasteiger partial charge in [0.15, 0.2) is 0 Å². The highest BCUT2D eigenvalue weighted by Gasteiger charge is 2.40. The van der Waals surface area contributed by atoms with E-state index in [4.69, 9.17) is 11.6 Å². The minimum absolute atomic E-state index is 0.197. The molecule has 0 radical (unpaired) electrons. The molecule has 1 aliphatic rings. The SMILES string of the molecule is O=C(NCCc1cccc(Cl)c1)C1CCCN1S(=O)(=O)c1ccccc1F. The second-order valence-electron chi connectivity index (χ2n) is 6.38. The first kappa shape index (κ1) is 19.8. The van der Waals surface area contributed by atoms with Gasteiger partial charge in [0.05, 0.1) is 0 Å². The average molecular weight is 411 g/mol. The van der Waals surface area contributed by atoms with Crippen molar-refractivity contribution in [2.45, 2.75) is 30.2 Å². The van der Waals surface area contributed by atoms with Crippen LogP contribution >= 0.6 is 11.6 Å². The second-order valence-corrected chi connectivity index (χ2v) is 8.67. The molecule has 27 heavy (non-hydrogen) atoms. The van der Waals surface area contributed by atoms with Crippen LogP contribution in [0.5, 0.6) is 0 Å². The van der Waals surface area contributed by atoms with E-state index in [-0.39, 0.29) is 12.5 Å². The normalized spacial score (nSPS) is 17.8. The zero-order valence-electron chi connectivity index (χ0n) is 14.6. The Kier molecular flexibility index (Phi) is 6.14. The fourth-order valence-corrected chi connectivity index (χ4v) is 5.15. The molecule has 2 aromatic rings. The number of nitrogens with one attached hydrogen (secondary N) is 1. The number of nitrogens with zero attached hydrogens (tertiary/aromatic N) is 1. The van der Waals surface area contributed by atoms with Crippen LogP contribution in [-0.2, 0) is 21.2 Å². The number of amides is 1. The summed E-state index contributed by atoms with van der Waals surface area (Å²) < 4.78 is 40.7. The molecular formula is C19H20ClFN2O3S. The van der Waals surface area contributed by atoms with Crippen LogP contribution in [-0.4, -0.2) is 37.8 Å². The van der Waals surface area contributed by atoms with Crippen LogP contribution in [0.25, 0.3) is 0 Å². The number of hydrogen-bond donors (Lipinski definition) is 1. The zero-order chi connectivity index (χ0) is 19.4. The van der Waals surface area contributed by atoms with Crippen molar-refractivity contribution >= 4 is 27.5 Å². The van der Waals surface area contributed by atoms with E-state index in [2.05, 4.69) is 5.32 Å². The Hall–Kier alpha value is -1.96. The van der Waals surface area contributed by atoms with E-state index >= 15 is 0 Å². The van der Waals surface area contributed by atoms with Gasteiger partial charge in [0.25, 0.3) is 0 Å². The molecular weight excluding hydrogens is 391 g/mol. The molecule has 0 spiro atoms. The Balaban J connectivity index is 1.67. The van der Waals surface area contributed by atoms with Crippen LogP contribution in [0.1, 0.15) is 18.4 Å². The maximum absolute atomic E-state index is 14.0. The molecule has 0 aromatic heterocycles. The quantitative estimate of drug-likeness (QED) is 0.796. The lowest BCUT2D eigenvalue weighted by molar-refractivity contribution is -0.124. The molecule has 1 unspecified atom stereocenters. The summed E-state index contributed by atoms with van der Waals surface area (Å²) in [6, 6.07) is 11.7. The Bertz CT molecular complexity index is 936. The molecule has 0 aliphatic carbocycles. The van der Waals surface area contributed by atoms with E-state index in [9.17, 15) is 17.6 Å². The van der Waals surface area contributed by atoms with Crippen molar-refractivity contribution in [2.24, 2.45) is 0 Å². The van der Waals surface area contributed by atoms with E-state index in [1.54, 1.807) is 6.07 Å². The predicted octanol–water partition coefficient (Wildman–Crippen LogP) is 2.99. The third-order valence-electron chi connectivity index (χ3n) is 4.53. The van der Waals surface area contributed by atoms with E-state index in [0.717, 1.165) is 15.9 Å². The molecule has 1 fully saturated rings. The van der Waals surface area contributed by atoms with Crippen molar-refractivity contribution in [1.82, 2.24) is 9.62 Å². The van der Waals surface area contributed by atoms with Crippen LogP contribution in [0.4, 0.5) is 4.39 Å². The van der Waals surface area contributed by atoms with Gasteiger partial charge in [-0.2, -0.15) is 4.31 Å². The molecule has 1 aliphatic heterocycles. The molecule has 1 heterocycles. The van der Waals surface area contributed by atoms with Crippen molar-refractivity contribution in [3.63, 3.8) is 0 Å². The summed E-state index contributed by atoms with van der Waals surface area (Å²) in [5, 5.41) is 3.40. The third kappa shape index (κ3) is 4.48. The minimum atomic E-state index is -4.07. The summed E-state index contributed by atoms with van der Waals surface area (Å²) in [7, 11) is -4.07. The standard InChI is InChI=1S/C19H20ClFN2O3S/c20-15-6-3-5-14(13-15)10-11-22-19(24)17-8-4-12-23(17)27(25,26)18-9-2-1-7-16(18)21/h1-3,5-7,9,13,17H,4,8,10-12H2,(H,22,24). The van der Waals surface area contributed by atoms with Crippen LogP contribution in [0, 0.1) is 5.82 Å². The van der Waals surface area contributed by atoms with Crippen molar-refractivity contribution in [3.05, 3.63) is 64.9 Å². The molecule has 3 rings (SSSR count). The van der Waals surface area contributed by atoms with Gasteiger partial charge in [-0.1, -0.05) is 35.9 Å². The van der Waals surface area contributed by atoms with Crippen LogP contribution < -0.4 is 5.32 Å². The predicted molar refractivity (Wildman–Crippen MR) is 101 cm³/mol. The summed E-state index contributed by atoms with van der Waals surface area (Å²) in [6.07, 6.45) is 1.55. The summed E-state index contributed by atoms with van der Waals surface area (Å²) >= 11 is 5.94. The Morgan fingerprint density at radius 1 is 1.22 bits per heavy atom. The smallest absolute Gasteiger partial charge is 0.246 e. The van der Waals surface area contributed by atoms with E-state index in [1.807, 2.05) is 18.2 Å². The lowest BCUT2D eigenvalue weighted by atomic mass is 10.1. The molecule has 2 aromatic carbocycles. The van der Waals surface area contributed by atoms with E-state index in [1.165, 1.54) is 18.2 Å². The largest absolute Gasteiger partial charge is 0.354 e. The zero-order valence-corrected chi connectivity index (χ0v) is 16.1. The van der Waals surface area contributed by atoms with E-state index in [0.29, 0.717) is 30.8 Å². The van der Waals surface area contributed by atoms with Gasteiger partial charge < -0.3 is 5.32 Å². The van der Waals surface area contributed by atoms with Gasteiger partial charge in [-0.05, 0) is 49.1 Å². The molecule has 0 saturated carbocycles. The van der Waals surface area contributed by atoms with Crippen molar-refractivity contribution < 1.29 is 17.6 Å². The molecule has 1 N–H and O–H groups in total. The summed E-state index contributed by atoms with van der Waals surface area (Å²) in [6.45, 7) is 0.562. The van der Waals surface area contributed by atoms with Crippen LogP contribution in [0.15, 0.2) is 53.4 Å². The van der Waals surface area contributed by atoms with Gasteiger partial charge >= 0.3 is 0 Å². The first-order valence-electron chi connectivity index (χ1n) is 8.68. The first-order valence-corrected chi connectivity index (χ1v) is 10.5. The number of rotatable bonds is 6. The Labute approximate surface area is 163 Å². The monoisotopic (exact) mass is 410 g/mol. The second kappa shape index (κ2) is 8.37. The summed E-state index contributed by atoms with van der Waals surface area (Å²) in [5.74, 6) is -1.18. The highest BCUT2D eigenvalue weighted by molar-refractivity contribution is 7.89. The van der Waals surface area contributed by atoms with Gasteiger partial charge in [0.2, 0.25) is 15.9 Å².